The van der Waals surface area contributed by atoms with Crippen molar-refractivity contribution in [1.29, 1.82) is 0 Å². The number of hydrogen-bond donors (Lipinski definition) is 0. The summed E-state index contributed by atoms with van der Waals surface area (Å²) in [6, 6.07) is 56.0. The molecule has 2 heterocycles. The zero-order chi connectivity index (χ0) is 35.5. The molecule has 0 amide bonds. The van der Waals surface area contributed by atoms with E-state index >= 15 is 0 Å². The van der Waals surface area contributed by atoms with E-state index in [4.69, 9.17) is 24.4 Å². The first-order valence-electron chi connectivity index (χ1n) is 17.8. The SMILES string of the molecule is CC1(C)c2ccccc2-c2c1ccc1c2Oc2cc(-c3cccc(-c4nc(-c5ccccc5)nc(-c5ccc(-c6ccccc6)cc5)n4)c3)ccc2O1. The van der Waals surface area contributed by atoms with Gasteiger partial charge in [0.15, 0.2) is 40.5 Å². The van der Waals surface area contributed by atoms with E-state index in [9.17, 15) is 0 Å². The van der Waals surface area contributed by atoms with Gasteiger partial charge in [0.2, 0.25) is 0 Å². The van der Waals surface area contributed by atoms with Gasteiger partial charge in [-0.2, -0.15) is 0 Å². The predicted octanol–water partition coefficient (Wildman–Crippen LogP) is 12.4. The quantitative estimate of drug-likeness (QED) is 0.181. The molecule has 252 valence electrons. The largest absolute Gasteiger partial charge is 0.449 e. The average Bonchev–Trinajstić information content (AvgIpc) is 3.46. The van der Waals surface area contributed by atoms with E-state index in [0.717, 1.165) is 50.4 Å². The van der Waals surface area contributed by atoms with Crippen LogP contribution in [0.25, 0.3) is 67.5 Å². The van der Waals surface area contributed by atoms with Crippen LogP contribution in [0.15, 0.2) is 164 Å². The van der Waals surface area contributed by atoms with Crippen LogP contribution in [-0.2, 0) is 5.41 Å². The molecule has 1 aliphatic carbocycles. The van der Waals surface area contributed by atoms with Crippen molar-refractivity contribution in [1.82, 2.24) is 15.0 Å². The van der Waals surface area contributed by atoms with Crippen LogP contribution >= 0.6 is 0 Å². The second kappa shape index (κ2) is 12.1. The van der Waals surface area contributed by atoms with Gasteiger partial charge in [0.1, 0.15) is 0 Å². The number of nitrogens with zero attached hydrogens (tertiary/aromatic N) is 3. The Hall–Kier alpha value is -6.85. The number of rotatable bonds is 5. The summed E-state index contributed by atoms with van der Waals surface area (Å²) in [7, 11) is 0. The van der Waals surface area contributed by atoms with Gasteiger partial charge in [0, 0.05) is 27.7 Å². The van der Waals surface area contributed by atoms with Crippen molar-refractivity contribution in [2.45, 2.75) is 19.3 Å². The molecular weight excluding hydrogens is 651 g/mol. The normalized spacial score (nSPS) is 13.2. The van der Waals surface area contributed by atoms with Crippen LogP contribution in [0.4, 0.5) is 0 Å². The standard InChI is InChI=1S/C48H33N3O2/c1-48(2)38-19-10-9-18-37(38)43-39(48)25-27-41-44(43)53-42-29-35(24-26-40(42)52-41)34-16-11-17-36(28-34)47-50-45(32-14-7-4-8-15-32)49-46(51-47)33-22-20-31(21-23-33)30-12-5-3-6-13-30/h3-29H,1-2H3. The average molecular weight is 684 g/mol. The fourth-order valence-electron chi connectivity index (χ4n) is 7.64. The maximum absolute atomic E-state index is 6.76. The molecule has 5 heteroatoms. The molecule has 0 fully saturated rings. The lowest BCUT2D eigenvalue weighted by Gasteiger charge is -2.25. The summed E-state index contributed by atoms with van der Waals surface area (Å²) in [5.41, 5.74) is 11.8. The Morgan fingerprint density at radius 2 is 0.906 bits per heavy atom. The van der Waals surface area contributed by atoms with Gasteiger partial charge in [-0.1, -0.05) is 153 Å². The summed E-state index contributed by atoms with van der Waals surface area (Å²) >= 11 is 0. The number of hydrogen-bond acceptors (Lipinski definition) is 5. The summed E-state index contributed by atoms with van der Waals surface area (Å²) < 4.78 is 13.2. The summed E-state index contributed by atoms with van der Waals surface area (Å²) in [5.74, 6) is 4.72. The highest BCUT2D eigenvalue weighted by molar-refractivity contribution is 5.88. The summed E-state index contributed by atoms with van der Waals surface area (Å²) in [4.78, 5) is 15.0. The fraction of sp³-hybridized carbons (Fsp3) is 0.0625. The maximum Gasteiger partial charge on any atom is 0.178 e. The van der Waals surface area contributed by atoms with Crippen molar-refractivity contribution in [2.75, 3.05) is 0 Å². The summed E-state index contributed by atoms with van der Waals surface area (Å²) in [6.07, 6.45) is 0. The van der Waals surface area contributed by atoms with Crippen LogP contribution in [0, 0.1) is 0 Å². The zero-order valence-corrected chi connectivity index (χ0v) is 29.2. The van der Waals surface area contributed by atoms with Gasteiger partial charge in [-0.15, -0.1) is 0 Å². The van der Waals surface area contributed by atoms with Gasteiger partial charge in [0.05, 0.1) is 0 Å². The molecule has 53 heavy (non-hydrogen) atoms. The lowest BCUT2D eigenvalue weighted by Crippen LogP contribution is -2.15. The predicted molar refractivity (Wildman–Crippen MR) is 211 cm³/mol. The van der Waals surface area contributed by atoms with E-state index in [2.05, 4.69) is 117 Å². The minimum Gasteiger partial charge on any atom is -0.449 e. The zero-order valence-electron chi connectivity index (χ0n) is 29.2. The van der Waals surface area contributed by atoms with Crippen molar-refractivity contribution in [2.24, 2.45) is 0 Å². The van der Waals surface area contributed by atoms with Crippen molar-refractivity contribution in [3.8, 4) is 90.5 Å². The monoisotopic (exact) mass is 683 g/mol. The van der Waals surface area contributed by atoms with Crippen molar-refractivity contribution >= 4 is 0 Å². The molecule has 10 rings (SSSR count). The minimum absolute atomic E-state index is 0.131. The van der Waals surface area contributed by atoms with E-state index in [0.29, 0.717) is 29.0 Å². The number of ether oxygens (including phenoxy) is 2. The maximum atomic E-state index is 6.76. The molecule has 2 aliphatic rings. The van der Waals surface area contributed by atoms with Gasteiger partial charge < -0.3 is 9.47 Å². The Bertz CT molecular complexity index is 2690. The Labute approximate surface area is 308 Å². The first kappa shape index (κ1) is 30.9. The highest BCUT2D eigenvalue weighted by Crippen LogP contribution is 2.58. The first-order valence-corrected chi connectivity index (χ1v) is 17.8. The highest BCUT2D eigenvalue weighted by Gasteiger charge is 2.39. The molecule has 0 saturated carbocycles. The van der Waals surface area contributed by atoms with Crippen LogP contribution in [0.2, 0.25) is 0 Å². The third kappa shape index (κ3) is 5.28. The Balaban J connectivity index is 1.02. The van der Waals surface area contributed by atoms with Crippen LogP contribution in [0.1, 0.15) is 25.0 Å². The Kier molecular flexibility index (Phi) is 7.08. The van der Waals surface area contributed by atoms with E-state index < -0.39 is 0 Å². The molecule has 1 aromatic heterocycles. The fourth-order valence-corrected chi connectivity index (χ4v) is 7.64. The third-order valence-corrected chi connectivity index (χ3v) is 10.4. The molecule has 0 atom stereocenters. The van der Waals surface area contributed by atoms with Gasteiger partial charge in [0.25, 0.3) is 0 Å². The molecule has 0 bridgehead atoms. The molecule has 0 spiro atoms. The smallest absolute Gasteiger partial charge is 0.178 e. The topological polar surface area (TPSA) is 57.1 Å². The molecule has 5 nitrogen and oxygen atoms in total. The van der Waals surface area contributed by atoms with E-state index in [1.54, 1.807) is 0 Å². The number of fused-ring (bicyclic) bond motifs is 6. The number of benzene rings is 7. The molecule has 0 N–H and O–H groups in total. The Morgan fingerprint density at radius 3 is 1.66 bits per heavy atom. The minimum atomic E-state index is -0.131. The molecule has 7 aromatic carbocycles. The van der Waals surface area contributed by atoms with E-state index in [1.165, 1.54) is 22.3 Å². The molecule has 0 radical (unpaired) electrons. The van der Waals surface area contributed by atoms with E-state index in [1.807, 2.05) is 60.7 Å². The molecule has 1 aliphatic heterocycles. The van der Waals surface area contributed by atoms with Crippen LogP contribution < -0.4 is 9.47 Å². The van der Waals surface area contributed by atoms with Crippen LogP contribution in [0.3, 0.4) is 0 Å². The highest BCUT2D eigenvalue weighted by atomic mass is 16.6. The summed E-state index contributed by atoms with van der Waals surface area (Å²) in [6.45, 7) is 4.54. The van der Waals surface area contributed by atoms with Crippen LogP contribution in [-0.4, -0.2) is 15.0 Å². The van der Waals surface area contributed by atoms with Crippen molar-refractivity contribution < 1.29 is 9.47 Å². The van der Waals surface area contributed by atoms with Gasteiger partial charge in [-0.05, 0) is 63.2 Å². The molecule has 0 unspecified atom stereocenters. The molecular formula is C48H33N3O2. The first-order chi connectivity index (χ1) is 26.0. The van der Waals surface area contributed by atoms with E-state index in [-0.39, 0.29) is 5.41 Å². The molecule has 0 saturated heterocycles. The van der Waals surface area contributed by atoms with Crippen molar-refractivity contribution in [3.63, 3.8) is 0 Å². The Morgan fingerprint density at radius 1 is 0.377 bits per heavy atom. The lowest BCUT2D eigenvalue weighted by molar-refractivity contribution is 0.360. The van der Waals surface area contributed by atoms with Gasteiger partial charge >= 0.3 is 0 Å². The lowest BCUT2D eigenvalue weighted by atomic mass is 9.82. The summed E-state index contributed by atoms with van der Waals surface area (Å²) in [5, 5.41) is 0. The second-order valence-electron chi connectivity index (χ2n) is 14.0. The second-order valence-corrected chi connectivity index (χ2v) is 14.0. The third-order valence-electron chi connectivity index (χ3n) is 10.4. The van der Waals surface area contributed by atoms with Crippen LogP contribution in [0.5, 0.6) is 23.0 Å². The van der Waals surface area contributed by atoms with Gasteiger partial charge in [-0.25, -0.2) is 15.0 Å². The number of aromatic nitrogens is 3. The molecule has 8 aromatic rings. The van der Waals surface area contributed by atoms with Gasteiger partial charge in [-0.3, -0.25) is 0 Å². The van der Waals surface area contributed by atoms with Crippen molar-refractivity contribution in [3.05, 3.63) is 175 Å².